The summed E-state index contributed by atoms with van der Waals surface area (Å²) in [4.78, 5) is 35.4. The third-order valence-electron chi connectivity index (χ3n) is 3.31. The molecule has 2 aromatic rings. The van der Waals surface area contributed by atoms with Crippen molar-refractivity contribution in [2.75, 3.05) is 25.0 Å². The molecule has 0 atom stereocenters. The number of carbonyl (C=O) groups excluding carboxylic acids is 3. The summed E-state index contributed by atoms with van der Waals surface area (Å²) >= 11 is 0. The molecule has 0 fully saturated rings. The van der Waals surface area contributed by atoms with E-state index in [1.807, 2.05) is 13.0 Å². The number of anilines is 1. The first kappa shape index (κ1) is 19.0. The van der Waals surface area contributed by atoms with Gasteiger partial charge >= 0.3 is 0 Å². The number of para-hydroxylation sites is 1. The molecule has 0 radical (unpaired) electrons. The van der Waals surface area contributed by atoms with Gasteiger partial charge in [0.25, 0.3) is 11.8 Å². The van der Waals surface area contributed by atoms with Crippen LogP contribution in [0.15, 0.2) is 54.6 Å². The van der Waals surface area contributed by atoms with Crippen LogP contribution in [0.25, 0.3) is 0 Å². The number of hydrogen-bond acceptors (Lipinski definition) is 4. The molecule has 7 nitrogen and oxygen atoms in total. The van der Waals surface area contributed by atoms with Crippen molar-refractivity contribution in [1.82, 2.24) is 10.6 Å². The molecule has 2 aromatic carbocycles. The van der Waals surface area contributed by atoms with Crippen LogP contribution in [0.1, 0.15) is 17.3 Å². The summed E-state index contributed by atoms with van der Waals surface area (Å²) in [7, 11) is 0. The highest BCUT2D eigenvalue weighted by atomic mass is 16.5. The van der Waals surface area contributed by atoms with Crippen molar-refractivity contribution >= 4 is 23.4 Å². The molecule has 7 heteroatoms. The van der Waals surface area contributed by atoms with E-state index >= 15 is 0 Å². The molecule has 0 aliphatic rings. The fourth-order valence-corrected chi connectivity index (χ4v) is 2.10. The molecule has 136 valence electrons. The lowest BCUT2D eigenvalue weighted by Gasteiger charge is -2.09. The van der Waals surface area contributed by atoms with Crippen LogP contribution in [0.3, 0.4) is 0 Å². The van der Waals surface area contributed by atoms with Crippen molar-refractivity contribution < 1.29 is 19.1 Å². The van der Waals surface area contributed by atoms with Crippen LogP contribution in [0.2, 0.25) is 0 Å². The quantitative estimate of drug-likeness (QED) is 0.670. The molecule has 0 unspecified atom stereocenters. The Morgan fingerprint density at radius 2 is 1.69 bits per heavy atom. The molecule has 0 aliphatic carbocycles. The van der Waals surface area contributed by atoms with Crippen LogP contribution in [-0.4, -0.2) is 37.4 Å². The molecule has 3 N–H and O–H groups in total. The zero-order valence-corrected chi connectivity index (χ0v) is 14.5. The Morgan fingerprint density at radius 1 is 0.923 bits per heavy atom. The van der Waals surface area contributed by atoms with Gasteiger partial charge in [0.2, 0.25) is 5.91 Å². The van der Waals surface area contributed by atoms with E-state index in [1.54, 1.807) is 48.5 Å². The summed E-state index contributed by atoms with van der Waals surface area (Å²) in [6, 6.07) is 15.5. The Balaban J connectivity index is 1.77. The van der Waals surface area contributed by atoms with E-state index in [2.05, 4.69) is 16.0 Å². The minimum Gasteiger partial charge on any atom is -0.484 e. The first-order chi connectivity index (χ1) is 12.6. The average molecular weight is 355 g/mol. The second-order valence-corrected chi connectivity index (χ2v) is 5.37. The van der Waals surface area contributed by atoms with Crippen molar-refractivity contribution in [3.05, 3.63) is 60.2 Å². The Hall–Kier alpha value is -3.35. The van der Waals surface area contributed by atoms with Gasteiger partial charge in [-0.15, -0.1) is 0 Å². The van der Waals surface area contributed by atoms with Gasteiger partial charge in [0.1, 0.15) is 5.75 Å². The smallest absolute Gasteiger partial charge is 0.258 e. The number of ether oxygens (including phenoxy) is 1. The van der Waals surface area contributed by atoms with Gasteiger partial charge in [-0.05, 0) is 37.3 Å². The first-order valence-electron chi connectivity index (χ1n) is 8.21. The Labute approximate surface area is 151 Å². The van der Waals surface area contributed by atoms with Crippen LogP contribution in [0.4, 0.5) is 5.69 Å². The maximum Gasteiger partial charge on any atom is 0.258 e. The van der Waals surface area contributed by atoms with Crippen molar-refractivity contribution in [2.45, 2.75) is 6.92 Å². The van der Waals surface area contributed by atoms with Crippen LogP contribution in [0, 0.1) is 0 Å². The van der Waals surface area contributed by atoms with E-state index in [4.69, 9.17) is 4.74 Å². The van der Waals surface area contributed by atoms with Gasteiger partial charge in [-0.2, -0.15) is 0 Å². The van der Waals surface area contributed by atoms with Crippen LogP contribution >= 0.6 is 0 Å². The number of hydrogen-bond donors (Lipinski definition) is 3. The summed E-state index contributed by atoms with van der Waals surface area (Å²) in [5, 5.41) is 7.80. The summed E-state index contributed by atoms with van der Waals surface area (Å²) in [5.74, 6) is -0.435. The van der Waals surface area contributed by atoms with E-state index in [0.717, 1.165) is 0 Å². The molecule has 0 bridgehead atoms. The van der Waals surface area contributed by atoms with Crippen LogP contribution in [0.5, 0.6) is 5.75 Å². The highest BCUT2D eigenvalue weighted by molar-refractivity contribution is 5.98. The molecule has 0 saturated carbocycles. The van der Waals surface area contributed by atoms with Gasteiger partial charge in [-0.3, -0.25) is 14.4 Å². The highest BCUT2D eigenvalue weighted by Crippen LogP contribution is 2.10. The highest BCUT2D eigenvalue weighted by Gasteiger charge is 2.09. The molecule has 0 saturated heterocycles. The number of amides is 3. The molecule has 3 amide bonds. The number of nitrogens with one attached hydrogen (secondary N) is 3. The van der Waals surface area contributed by atoms with Gasteiger partial charge in [0.05, 0.1) is 6.54 Å². The normalized spacial score (nSPS) is 9.88. The molecule has 2 rings (SSSR count). The molecule has 0 spiro atoms. The number of benzene rings is 2. The second kappa shape index (κ2) is 9.83. The second-order valence-electron chi connectivity index (χ2n) is 5.37. The SMILES string of the molecule is CCNC(=O)c1cccc(NC(=O)CNC(=O)COc2ccccc2)c1. The predicted molar refractivity (Wildman–Crippen MR) is 98.0 cm³/mol. The van der Waals surface area contributed by atoms with E-state index in [0.29, 0.717) is 23.5 Å². The summed E-state index contributed by atoms with van der Waals surface area (Å²) in [6.07, 6.45) is 0. The van der Waals surface area contributed by atoms with Gasteiger partial charge in [0, 0.05) is 17.8 Å². The largest absolute Gasteiger partial charge is 0.484 e. The maximum absolute atomic E-state index is 11.9. The minimum absolute atomic E-state index is 0.177. The third kappa shape index (κ3) is 6.27. The third-order valence-corrected chi connectivity index (χ3v) is 3.31. The predicted octanol–water partition coefficient (Wildman–Crippen LogP) is 1.57. The fourth-order valence-electron chi connectivity index (χ4n) is 2.10. The van der Waals surface area contributed by atoms with E-state index < -0.39 is 11.8 Å². The van der Waals surface area contributed by atoms with Crippen molar-refractivity contribution in [3.8, 4) is 5.75 Å². The number of carbonyl (C=O) groups is 3. The van der Waals surface area contributed by atoms with E-state index in [9.17, 15) is 14.4 Å². The van der Waals surface area contributed by atoms with Crippen LogP contribution < -0.4 is 20.7 Å². The standard InChI is InChI=1S/C19H21N3O4/c1-2-20-19(25)14-7-6-8-15(11-14)22-17(23)12-21-18(24)13-26-16-9-4-3-5-10-16/h3-11H,2,12-13H2,1H3,(H,20,25)(H,21,24)(H,22,23). The van der Waals surface area contributed by atoms with Crippen molar-refractivity contribution in [3.63, 3.8) is 0 Å². The van der Waals surface area contributed by atoms with E-state index in [1.165, 1.54) is 0 Å². The number of rotatable bonds is 8. The molecule has 0 heterocycles. The van der Waals surface area contributed by atoms with Gasteiger partial charge in [0.15, 0.2) is 6.61 Å². The van der Waals surface area contributed by atoms with Gasteiger partial charge in [-0.1, -0.05) is 24.3 Å². The minimum atomic E-state index is -0.403. The fraction of sp³-hybridized carbons (Fsp3) is 0.211. The molecule has 26 heavy (non-hydrogen) atoms. The zero-order valence-electron chi connectivity index (χ0n) is 14.5. The average Bonchev–Trinajstić information content (AvgIpc) is 2.66. The molecular weight excluding hydrogens is 334 g/mol. The Kier molecular flexibility index (Phi) is 7.17. The maximum atomic E-state index is 11.9. The topological polar surface area (TPSA) is 96.5 Å². The lowest BCUT2D eigenvalue weighted by molar-refractivity contribution is -0.125. The van der Waals surface area contributed by atoms with Crippen molar-refractivity contribution in [2.24, 2.45) is 0 Å². The van der Waals surface area contributed by atoms with E-state index in [-0.39, 0.29) is 19.1 Å². The van der Waals surface area contributed by atoms with Gasteiger partial charge in [-0.25, -0.2) is 0 Å². The summed E-state index contributed by atoms with van der Waals surface area (Å²) in [6.45, 7) is 1.98. The zero-order chi connectivity index (χ0) is 18.8. The summed E-state index contributed by atoms with van der Waals surface area (Å²) < 4.78 is 5.30. The molecule has 0 aliphatic heterocycles. The first-order valence-corrected chi connectivity index (χ1v) is 8.21. The van der Waals surface area contributed by atoms with Gasteiger partial charge < -0.3 is 20.7 Å². The van der Waals surface area contributed by atoms with Crippen molar-refractivity contribution in [1.29, 1.82) is 0 Å². The lowest BCUT2D eigenvalue weighted by Crippen LogP contribution is -2.35. The summed E-state index contributed by atoms with van der Waals surface area (Å²) in [5.41, 5.74) is 0.929. The molecular formula is C19H21N3O4. The lowest BCUT2D eigenvalue weighted by atomic mass is 10.2. The molecule has 0 aromatic heterocycles. The Morgan fingerprint density at radius 3 is 2.42 bits per heavy atom. The Bertz CT molecular complexity index is 762. The monoisotopic (exact) mass is 355 g/mol. The van der Waals surface area contributed by atoms with Crippen LogP contribution in [-0.2, 0) is 9.59 Å².